The van der Waals surface area contributed by atoms with Gasteiger partial charge in [0.05, 0.1) is 12.9 Å². The molecule has 0 aliphatic heterocycles. The van der Waals surface area contributed by atoms with E-state index in [-0.39, 0.29) is 6.61 Å². The summed E-state index contributed by atoms with van der Waals surface area (Å²) in [6, 6.07) is 0. The van der Waals surface area contributed by atoms with Gasteiger partial charge in [0.1, 0.15) is 0 Å². The van der Waals surface area contributed by atoms with Crippen LogP contribution in [0.1, 0.15) is 0 Å². The van der Waals surface area contributed by atoms with Crippen LogP contribution in [-0.4, -0.2) is 16.8 Å². The third-order valence-electron chi connectivity index (χ3n) is 0.211. The Hall–Kier alpha value is -0.500. The summed E-state index contributed by atoms with van der Waals surface area (Å²) in [6.45, 7) is -0.0868. The van der Waals surface area contributed by atoms with Crippen LogP contribution in [-0.2, 0) is 0 Å². The Morgan fingerprint density at radius 3 is 2.20 bits per heavy atom. The van der Waals surface area contributed by atoms with Crippen LogP contribution in [0.3, 0.4) is 0 Å². The minimum absolute atomic E-state index is 0.0868. The van der Waals surface area contributed by atoms with Gasteiger partial charge in [-0.3, -0.25) is 0 Å². The van der Waals surface area contributed by atoms with E-state index in [4.69, 9.17) is 10.2 Å². The molecule has 0 heterocycles. The van der Waals surface area contributed by atoms with Gasteiger partial charge in [0, 0.05) is 0 Å². The first-order valence-corrected chi connectivity index (χ1v) is 1.32. The van der Waals surface area contributed by atoms with E-state index in [1.54, 1.807) is 0 Å². The second-order valence-corrected chi connectivity index (χ2v) is 0.567. The minimum atomic E-state index is -0.0868. The summed E-state index contributed by atoms with van der Waals surface area (Å²) in [5.41, 5.74) is 0. The molecule has 0 aliphatic rings. The van der Waals surface area contributed by atoms with Crippen molar-refractivity contribution < 1.29 is 10.2 Å². The van der Waals surface area contributed by atoms with Crippen LogP contribution in [0.2, 0.25) is 0 Å². The fraction of sp³-hybridized carbons (Fsp3) is 0.333. The molecule has 0 saturated heterocycles. The van der Waals surface area contributed by atoms with Gasteiger partial charge in [0.15, 0.2) is 0 Å². The summed E-state index contributed by atoms with van der Waals surface area (Å²) in [7, 11) is 0. The van der Waals surface area contributed by atoms with Gasteiger partial charge in [0.2, 0.25) is 0 Å². The molecule has 0 atom stereocenters. The van der Waals surface area contributed by atoms with Crippen molar-refractivity contribution in [2.45, 2.75) is 0 Å². The van der Waals surface area contributed by atoms with Crippen LogP contribution in [0.15, 0.2) is 12.3 Å². The lowest BCUT2D eigenvalue weighted by atomic mass is 10.7. The van der Waals surface area contributed by atoms with Gasteiger partial charge in [-0.15, -0.1) is 0 Å². The summed E-state index contributed by atoms with van der Waals surface area (Å²) in [6.07, 6.45) is 2.04. The highest BCUT2D eigenvalue weighted by atomic mass is 16.3. The largest absolute Gasteiger partial charge is 0.516 e. The van der Waals surface area contributed by atoms with E-state index in [1.165, 1.54) is 6.08 Å². The van der Waals surface area contributed by atoms with E-state index >= 15 is 0 Å². The molecule has 0 aromatic rings. The monoisotopic (exact) mass is 74.0 g/mol. The molecule has 0 amide bonds. The first-order chi connectivity index (χ1) is 2.41. The normalized spacial score (nSPS) is 9.80. The van der Waals surface area contributed by atoms with E-state index in [0.717, 1.165) is 6.26 Å². The molecule has 0 aromatic carbocycles. The smallest absolute Gasteiger partial charge is 0.0774 e. The van der Waals surface area contributed by atoms with Crippen LogP contribution >= 0.6 is 0 Å². The lowest BCUT2D eigenvalue weighted by molar-refractivity contribution is 0.337. The lowest BCUT2D eigenvalue weighted by Crippen LogP contribution is -1.66. The lowest BCUT2D eigenvalue weighted by Gasteiger charge is -1.66. The maximum Gasteiger partial charge on any atom is 0.0774 e. The fourth-order valence-corrected chi connectivity index (χ4v) is 0.0471. The second-order valence-electron chi connectivity index (χ2n) is 0.567. The predicted molar refractivity (Wildman–Crippen MR) is 18.9 cm³/mol. The second kappa shape index (κ2) is 3.50. The van der Waals surface area contributed by atoms with E-state index in [9.17, 15) is 0 Å². The molecule has 2 heteroatoms. The molecular weight excluding hydrogens is 68.0 g/mol. The maximum absolute atomic E-state index is 7.82. The topological polar surface area (TPSA) is 40.5 Å². The molecule has 0 unspecified atom stereocenters. The summed E-state index contributed by atoms with van der Waals surface area (Å²) >= 11 is 0. The fourth-order valence-electron chi connectivity index (χ4n) is 0.0471. The number of aliphatic hydroxyl groups excluding tert-OH is 2. The Labute approximate surface area is 30.4 Å². The number of rotatable bonds is 1. The highest BCUT2D eigenvalue weighted by Gasteiger charge is 1.54. The molecule has 0 bridgehead atoms. The summed E-state index contributed by atoms with van der Waals surface area (Å²) in [5.74, 6) is 0. The molecule has 2 N–H and O–H groups in total. The molecule has 0 spiro atoms. The Bertz CT molecular complexity index is 31.9. The number of hydrogen-bond acceptors (Lipinski definition) is 2. The van der Waals surface area contributed by atoms with Crippen molar-refractivity contribution in [1.82, 2.24) is 0 Å². The molecule has 0 fully saturated rings. The quantitative estimate of drug-likeness (QED) is 0.431. The van der Waals surface area contributed by atoms with Crippen LogP contribution in [0.25, 0.3) is 0 Å². The highest BCUT2D eigenvalue weighted by molar-refractivity contribution is 4.67. The molecule has 0 rings (SSSR count). The first kappa shape index (κ1) is 4.50. The average molecular weight is 74.1 g/mol. The van der Waals surface area contributed by atoms with Crippen LogP contribution in [0.5, 0.6) is 0 Å². The van der Waals surface area contributed by atoms with E-state index < -0.39 is 0 Å². The van der Waals surface area contributed by atoms with Crippen molar-refractivity contribution in [2.75, 3.05) is 6.61 Å². The third kappa shape index (κ3) is 3.50. The summed E-state index contributed by atoms with van der Waals surface area (Å²) in [4.78, 5) is 0. The zero-order valence-corrected chi connectivity index (χ0v) is 2.76. The van der Waals surface area contributed by atoms with Crippen molar-refractivity contribution in [3.05, 3.63) is 12.3 Å². The van der Waals surface area contributed by atoms with Gasteiger partial charge in [-0.25, -0.2) is 0 Å². The summed E-state index contributed by atoms with van der Waals surface area (Å²) in [5, 5.41) is 15.5. The van der Waals surface area contributed by atoms with Crippen LogP contribution < -0.4 is 0 Å². The van der Waals surface area contributed by atoms with E-state index in [1.807, 2.05) is 0 Å². The van der Waals surface area contributed by atoms with Crippen molar-refractivity contribution in [1.29, 1.82) is 0 Å². The third-order valence-corrected chi connectivity index (χ3v) is 0.211. The Balaban J connectivity index is 2.62. The van der Waals surface area contributed by atoms with Crippen molar-refractivity contribution >= 4 is 0 Å². The zero-order valence-electron chi connectivity index (χ0n) is 2.76. The van der Waals surface area contributed by atoms with Gasteiger partial charge in [-0.2, -0.15) is 0 Å². The standard InChI is InChI=1S/C3H6O2/c4-2-1-3-5/h1-2,4-5H,3H2. The molecule has 0 aliphatic carbocycles. The molecule has 0 aromatic heterocycles. The minimum Gasteiger partial charge on any atom is -0.516 e. The van der Waals surface area contributed by atoms with Gasteiger partial charge >= 0.3 is 0 Å². The Morgan fingerprint density at radius 2 is 2.20 bits per heavy atom. The molecule has 0 radical (unpaired) electrons. The van der Waals surface area contributed by atoms with Crippen LogP contribution in [0.4, 0.5) is 0 Å². The van der Waals surface area contributed by atoms with Crippen molar-refractivity contribution in [3.63, 3.8) is 0 Å². The van der Waals surface area contributed by atoms with Gasteiger partial charge < -0.3 is 10.2 Å². The zero-order chi connectivity index (χ0) is 4.12. The molecule has 2 nitrogen and oxygen atoms in total. The van der Waals surface area contributed by atoms with Gasteiger partial charge in [0.25, 0.3) is 0 Å². The predicted octanol–water partition coefficient (Wildman–Crippen LogP) is 0.0504. The molecule has 0 saturated carbocycles. The van der Waals surface area contributed by atoms with E-state index in [2.05, 4.69) is 0 Å². The van der Waals surface area contributed by atoms with Crippen LogP contribution in [0, 0.1) is 0 Å². The SMILES string of the molecule is OC=CCO. The number of hydrogen-bond donors (Lipinski definition) is 2. The molecule has 5 heavy (non-hydrogen) atoms. The van der Waals surface area contributed by atoms with Crippen molar-refractivity contribution in [3.8, 4) is 0 Å². The average Bonchev–Trinajstić information content (AvgIpc) is 1.41. The maximum atomic E-state index is 7.82. The van der Waals surface area contributed by atoms with Gasteiger partial charge in [-0.05, 0) is 6.08 Å². The summed E-state index contributed by atoms with van der Waals surface area (Å²) < 4.78 is 0. The van der Waals surface area contributed by atoms with Gasteiger partial charge in [-0.1, -0.05) is 0 Å². The Kier molecular flexibility index (Phi) is 3.15. The van der Waals surface area contributed by atoms with E-state index in [0.29, 0.717) is 0 Å². The van der Waals surface area contributed by atoms with Crippen molar-refractivity contribution in [2.24, 2.45) is 0 Å². The molecule has 30 valence electrons. The highest BCUT2D eigenvalue weighted by Crippen LogP contribution is 1.56. The molecular formula is C3H6O2. The first-order valence-electron chi connectivity index (χ1n) is 1.32. The number of aliphatic hydroxyl groups is 2. The Morgan fingerprint density at radius 1 is 1.60 bits per heavy atom.